The zero-order valence-electron chi connectivity index (χ0n) is 10.5. The van der Waals surface area contributed by atoms with Crippen LogP contribution in [0.15, 0.2) is 24.3 Å². The van der Waals surface area contributed by atoms with E-state index in [2.05, 4.69) is 4.90 Å². The van der Waals surface area contributed by atoms with Crippen LogP contribution in [0.25, 0.3) is 0 Å². The quantitative estimate of drug-likeness (QED) is 0.758. The molecule has 1 spiro atoms. The zero-order chi connectivity index (χ0) is 12.2. The van der Waals surface area contributed by atoms with Gasteiger partial charge in [-0.15, -0.1) is 0 Å². The van der Waals surface area contributed by atoms with Crippen molar-refractivity contribution in [3.05, 3.63) is 29.8 Å². The first-order valence-electron chi connectivity index (χ1n) is 6.95. The summed E-state index contributed by atoms with van der Waals surface area (Å²) in [5, 5.41) is 10.4. The number of hydrogen-bond donors (Lipinski definition) is 1. The molecular weight excluding hydrogens is 226 g/mol. The lowest BCUT2D eigenvalue weighted by Gasteiger charge is -2.47. The molecule has 4 rings (SSSR count). The summed E-state index contributed by atoms with van der Waals surface area (Å²) in [7, 11) is 0. The molecule has 3 heterocycles. The van der Waals surface area contributed by atoms with E-state index in [-0.39, 0.29) is 11.7 Å². The highest BCUT2D eigenvalue weighted by Crippen LogP contribution is 2.48. The molecule has 0 amide bonds. The second-order valence-electron chi connectivity index (χ2n) is 5.96. The van der Waals surface area contributed by atoms with Gasteiger partial charge in [0, 0.05) is 37.4 Å². The predicted molar refractivity (Wildman–Crippen MR) is 68.5 cm³/mol. The molecule has 3 nitrogen and oxygen atoms in total. The maximum Gasteiger partial charge on any atom is 0.125 e. The molecular formula is C15H19NO2. The van der Waals surface area contributed by atoms with Crippen molar-refractivity contribution < 1.29 is 9.84 Å². The van der Waals surface area contributed by atoms with Gasteiger partial charge < -0.3 is 14.7 Å². The molecule has 0 saturated carbocycles. The molecule has 2 bridgehead atoms. The Morgan fingerprint density at radius 3 is 3.11 bits per heavy atom. The highest BCUT2D eigenvalue weighted by atomic mass is 16.5. The van der Waals surface area contributed by atoms with E-state index in [0.29, 0.717) is 5.92 Å². The summed E-state index contributed by atoms with van der Waals surface area (Å²) >= 11 is 0. The standard InChI is InChI=1S/C15H19NO2/c17-13-9-15(6-8-16-7-5-11(15)10-16)18-14-4-2-1-3-12(13)14/h1-4,11,13,17H,5-10H2/t11?,13-,15?/m1/s1. The van der Waals surface area contributed by atoms with E-state index in [9.17, 15) is 5.11 Å². The molecule has 3 aliphatic rings. The zero-order valence-corrected chi connectivity index (χ0v) is 10.5. The van der Waals surface area contributed by atoms with Crippen molar-refractivity contribution in [2.24, 2.45) is 5.92 Å². The molecule has 0 aliphatic carbocycles. The summed E-state index contributed by atoms with van der Waals surface area (Å²) in [5.74, 6) is 1.49. The fourth-order valence-electron chi connectivity index (χ4n) is 3.97. The van der Waals surface area contributed by atoms with Crippen LogP contribution in [0.2, 0.25) is 0 Å². The Hall–Kier alpha value is -1.06. The SMILES string of the molecule is O[C@@H]1CC2(CCN3CCC2C3)Oc2ccccc21. The van der Waals surface area contributed by atoms with Gasteiger partial charge in [0.25, 0.3) is 0 Å². The molecule has 1 N–H and O–H groups in total. The molecule has 2 saturated heterocycles. The topological polar surface area (TPSA) is 32.7 Å². The second kappa shape index (κ2) is 3.72. The van der Waals surface area contributed by atoms with E-state index in [1.165, 1.54) is 13.0 Å². The Morgan fingerprint density at radius 2 is 2.17 bits per heavy atom. The molecule has 3 unspecified atom stereocenters. The number of para-hydroxylation sites is 1. The highest BCUT2D eigenvalue weighted by molar-refractivity contribution is 5.38. The summed E-state index contributed by atoms with van der Waals surface area (Å²) in [4.78, 5) is 2.52. The summed E-state index contributed by atoms with van der Waals surface area (Å²) < 4.78 is 6.37. The van der Waals surface area contributed by atoms with Gasteiger partial charge in [-0.05, 0) is 19.0 Å². The van der Waals surface area contributed by atoms with Crippen LogP contribution in [0, 0.1) is 5.92 Å². The molecule has 1 aromatic rings. The summed E-state index contributed by atoms with van der Waals surface area (Å²) in [6, 6.07) is 7.95. The van der Waals surface area contributed by atoms with Gasteiger partial charge in [-0.2, -0.15) is 0 Å². The maximum atomic E-state index is 10.4. The van der Waals surface area contributed by atoms with E-state index in [1.807, 2.05) is 24.3 Å². The lowest BCUT2D eigenvalue weighted by atomic mass is 9.75. The van der Waals surface area contributed by atoms with E-state index >= 15 is 0 Å². The average Bonchev–Trinajstić information content (AvgIpc) is 2.80. The van der Waals surface area contributed by atoms with Crippen LogP contribution < -0.4 is 4.74 Å². The van der Waals surface area contributed by atoms with Gasteiger partial charge in [0.1, 0.15) is 11.4 Å². The number of nitrogens with zero attached hydrogens (tertiary/aromatic N) is 1. The van der Waals surface area contributed by atoms with Crippen molar-refractivity contribution in [2.45, 2.75) is 31.0 Å². The van der Waals surface area contributed by atoms with Gasteiger partial charge in [-0.3, -0.25) is 0 Å². The third kappa shape index (κ3) is 1.44. The van der Waals surface area contributed by atoms with Crippen molar-refractivity contribution in [1.82, 2.24) is 4.90 Å². The number of hydrogen-bond acceptors (Lipinski definition) is 3. The molecule has 1 aromatic carbocycles. The van der Waals surface area contributed by atoms with Crippen LogP contribution in [0.4, 0.5) is 0 Å². The van der Waals surface area contributed by atoms with Gasteiger partial charge in [-0.25, -0.2) is 0 Å². The van der Waals surface area contributed by atoms with Crippen LogP contribution in [-0.2, 0) is 0 Å². The number of aliphatic hydroxyl groups is 1. The average molecular weight is 245 g/mol. The first-order valence-corrected chi connectivity index (χ1v) is 6.95. The van der Waals surface area contributed by atoms with Gasteiger partial charge in [-0.1, -0.05) is 18.2 Å². The molecule has 3 heteroatoms. The summed E-state index contributed by atoms with van der Waals surface area (Å²) in [5.41, 5.74) is 0.851. The number of piperidine rings is 1. The minimum absolute atomic E-state index is 0.110. The van der Waals surface area contributed by atoms with Gasteiger partial charge in [0.2, 0.25) is 0 Å². The predicted octanol–water partition coefficient (Wildman–Crippen LogP) is 1.97. The molecule has 0 radical (unpaired) electrons. The molecule has 18 heavy (non-hydrogen) atoms. The fourth-order valence-corrected chi connectivity index (χ4v) is 3.97. The number of rotatable bonds is 0. The number of fused-ring (bicyclic) bond motifs is 4. The third-order valence-corrected chi connectivity index (χ3v) is 5.00. The largest absolute Gasteiger partial charge is 0.486 e. The first-order chi connectivity index (χ1) is 8.77. The van der Waals surface area contributed by atoms with Crippen LogP contribution in [0.5, 0.6) is 5.75 Å². The molecule has 4 atom stereocenters. The van der Waals surface area contributed by atoms with Gasteiger partial charge >= 0.3 is 0 Å². The molecule has 2 fully saturated rings. The Bertz CT molecular complexity index is 475. The second-order valence-corrected chi connectivity index (χ2v) is 5.96. The van der Waals surface area contributed by atoms with Gasteiger partial charge in [0.05, 0.1) is 6.10 Å². The monoisotopic (exact) mass is 245 g/mol. The molecule has 96 valence electrons. The van der Waals surface area contributed by atoms with E-state index in [1.54, 1.807) is 0 Å². The fraction of sp³-hybridized carbons (Fsp3) is 0.600. The first kappa shape index (κ1) is 10.8. The number of aliphatic hydroxyl groups excluding tert-OH is 1. The third-order valence-electron chi connectivity index (χ3n) is 5.00. The van der Waals surface area contributed by atoms with Crippen molar-refractivity contribution in [3.63, 3.8) is 0 Å². The Labute approximate surface area is 107 Å². The van der Waals surface area contributed by atoms with Crippen molar-refractivity contribution in [3.8, 4) is 5.75 Å². The minimum atomic E-state index is -0.359. The Morgan fingerprint density at radius 1 is 1.28 bits per heavy atom. The van der Waals surface area contributed by atoms with Crippen molar-refractivity contribution >= 4 is 0 Å². The van der Waals surface area contributed by atoms with Crippen LogP contribution in [0.1, 0.15) is 30.9 Å². The summed E-state index contributed by atoms with van der Waals surface area (Å²) in [6.07, 6.45) is 2.68. The lowest BCUT2D eigenvalue weighted by Crippen LogP contribution is -2.53. The van der Waals surface area contributed by atoms with Crippen LogP contribution in [-0.4, -0.2) is 35.2 Å². The van der Waals surface area contributed by atoms with Crippen LogP contribution in [0.3, 0.4) is 0 Å². The van der Waals surface area contributed by atoms with E-state index < -0.39 is 0 Å². The Balaban J connectivity index is 1.72. The van der Waals surface area contributed by atoms with Crippen molar-refractivity contribution in [2.75, 3.05) is 19.6 Å². The minimum Gasteiger partial charge on any atom is -0.486 e. The van der Waals surface area contributed by atoms with Crippen LogP contribution >= 0.6 is 0 Å². The van der Waals surface area contributed by atoms with E-state index in [0.717, 1.165) is 37.2 Å². The smallest absolute Gasteiger partial charge is 0.125 e. The lowest BCUT2D eigenvalue weighted by molar-refractivity contribution is -0.0736. The van der Waals surface area contributed by atoms with E-state index in [4.69, 9.17) is 4.74 Å². The molecule has 0 aromatic heterocycles. The molecule has 3 aliphatic heterocycles. The van der Waals surface area contributed by atoms with Gasteiger partial charge in [0.15, 0.2) is 0 Å². The Kier molecular flexibility index (Phi) is 2.24. The highest BCUT2D eigenvalue weighted by Gasteiger charge is 2.51. The summed E-state index contributed by atoms with van der Waals surface area (Å²) in [6.45, 7) is 3.47. The van der Waals surface area contributed by atoms with Crippen molar-refractivity contribution in [1.29, 1.82) is 0 Å². The maximum absolute atomic E-state index is 10.4. The normalized spacial score (nSPS) is 41.5. The number of ether oxygens (including phenoxy) is 1. The number of benzene rings is 1.